The molecule has 0 unspecified atom stereocenters. The minimum absolute atomic E-state index is 0.141. The highest BCUT2D eigenvalue weighted by Crippen LogP contribution is 2.32. The zero-order valence-corrected chi connectivity index (χ0v) is 21.2. The van der Waals surface area contributed by atoms with Crippen molar-refractivity contribution in [2.75, 3.05) is 31.1 Å². The Kier molecular flexibility index (Phi) is 6.86. The quantitative estimate of drug-likeness (QED) is 0.266. The van der Waals surface area contributed by atoms with Gasteiger partial charge in [0.15, 0.2) is 0 Å². The van der Waals surface area contributed by atoms with Crippen LogP contribution in [0.15, 0.2) is 40.8 Å². The lowest BCUT2D eigenvalue weighted by atomic mass is 10.1. The van der Waals surface area contributed by atoms with E-state index in [0.717, 1.165) is 19.3 Å². The molecule has 0 N–H and O–H groups in total. The van der Waals surface area contributed by atoms with Gasteiger partial charge in [0.05, 0.1) is 10.6 Å². The van der Waals surface area contributed by atoms with E-state index in [1.807, 2.05) is 11.0 Å². The minimum Gasteiger partial charge on any atom is -0.412 e. The fourth-order valence-corrected chi connectivity index (χ4v) is 4.60. The van der Waals surface area contributed by atoms with E-state index in [2.05, 4.69) is 55.4 Å². The Morgan fingerprint density at radius 1 is 1.06 bits per heavy atom. The fraction of sp³-hybridized carbons (Fsp3) is 0.250. The van der Waals surface area contributed by atoms with Crippen LogP contribution in [0.4, 0.5) is 18.9 Å². The smallest absolute Gasteiger partial charge is 0.412 e. The Morgan fingerprint density at radius 3 is 2.44 bits per heavy atom. The van der Waals surface area contributed by atoms with Crippen LogP contribution in [0.3, 0.4) is 0 Å². The van der Waals surface area contributed by atoms with Gasteiger partial charge in [-0.25, -0.2) is 0 Å². The molecule has 1 aliphatic heterocycles. The highest BCUT2D eigenvalue weighted by Gasteiger charge is 2.32. The lowest BCUT2D eigenvalue weighted by Crippen LogP contribution is -2.49. The average molecular weight is 689 g/mol. The number of aromatic nitrogens is 2. The summed E-state index contributed by atoms with van der Waals surface area (Å²) in [6.07, 6.45) is -4.40. The zero-order chi connectivity index (χ0) is 23.0. The van der Waals surface area contributed by atoms with E-state index >= 15 is 0 Å². The van der Waals surface area contributed by atoms with Crippen LogP contribution in [-0.4, -0.2) is 47.2 Å². The van der Waals surface area contributed by atoms with Crippen molar-refractivity contribution in [3.8, 4) is 11.5 Å². The number of halogens is 6. The predicted octanol–water partition coefficient (Wildman–Crippen LogP) is 5.58. The van der Waals surface area contributed by atoms with Gasteiger partial charge in [0.2, 0.25) is 5.89 Å². The standard InChI is InChI=1S/C20H14ClF3I2N4O2/c21-14-8-11(9-15(25)16(14)26)17-27-28-18(32-17)19(31)30-6-4-29(5-7-30)13-3-1-2-12(10-13)20(22,23)24/h1-3,8-10H,4-7H2. The topological polar surface area (TPSA) is 62.5 Å². The highest BCUT2D eigenvalue weighted by molar-refractivity contribution is 14.1. The Labute approximate surface area is 213 Å². The predicted molar refractivity (Wildman–Crippen MR) is 130 cm³/mol. The second-order valence-corrected chi connectivity index (χ2v) is 9.64. The van der Waals surface area contributed by atoms with E-state index in [1.165, 1.54) is 6.07 Å². The molecule has 0 atom stereocenters. The molecule has 3 aromatic rings. The number of rotatable bonds is 3. The third-order valence-electron chi connectivity index (χ3n) is 4.94. The van der Waals surface area contributed by atoms with E-state index in [4.69, 9.17) is 16.0 Å². The summed E-state index contributed by atoms with van der Waals surface area (Å²) >= 11 is 10.5. The summed E-state index contributed by atoms with van der Waals surface area (Å²) in [5.74, 6) is -0.372. The molecule has 1 fully saturated rings. The Balaban J connectivity index is 1.44. The largest absolute Gasteiger partial charge is 0.416 e. The molecule has 1 saturated heterocycles. The molecule has 0 saturated carbocycles. The second kappa shape index (κ2) is 9.33. The molecule has 1 aromatic heterocycles. The van der Waals surface area contributed by atoms with Gasteiger partial charge in [0.25, 0.3) is 0 Å². The average Bonchev–Trinajstić information content (AvgIpc) is 3.26. The number of anilines is 1. The third kappa shape index (κ3) is 4.98. The number of carbonyl (C=O) groups excluding carboxylic acids is 1. The van der Waals surface area contributed by atoms with E-state index in [9.17, 15) is 18.0 Å². The van der Waals surface area contributed by atoms with Crippen LogP contribution in [0.5, 0.6) is 0 Å². The molecule has 1 amide bonds. The molecule has 1 aliphatic rings. The monoisotopic (exact) mass is 688 g/mol. The number of alkyl halides is 3. The summed E-state index contributed by atoms with van der Waals surface area (Å²) in [7, 11) is 0. The maximum atomic E-state index is 13.0. The third-order valence-corrected chi connectivity index (χ3v) is 8.61. The van der Waals surface area contributed by atoms with Gasteiger partial charge in [-0.2, -0.15) is 13.2 Å². The van der Waals surface area contributed by atoms with E-state index < -0.39 is 17.6 Å². The number of hydrogen-bond donors (Lipinski definition) is 0. The maximum Gasteiger partial charge on any atom is 0.416 e. The second-order valence-electron chi connectivity index (χ2n) is 6.99. The van der Waals surface area contributed by atoms with Crippen LogP contribution in [-0.2, 0) is 6.18 Å². The van der Waals surface area contributed by atoms with Crippen molar-refractivity contribution in [1.29, 1.82) is 0 Å². The summed E-state index contributed by atoms with van der Waals surface area (Å²) in [5.41, 5.74) is 0.384. The summed E-state index contributed by atoms with van der Waals surface area (Å²) < 4.78 is 46.3. The Hall–Kier alpha value is -1.61. The van der Waals surface area contributed by atoms with Crippen LogP contribution >= 0.6 is 56.8 Å². The van der Waals surface area contributed by atoms with Gasteiger partial charge in [-0.1, -0.05) is 17.7 Å². The Bertz CT molecular complexity index is 1140. The molecule has 168 valence electrons. The SMILES string of the molecule is O=C(c1nnc(-c2cc(Cl)c(I)c(I)c2)o1)N1CCN(c2cccc(C(F)(F)F)c2)CC1. The molecular formula is C20H14ClF3I2N4O2. The van der Waals surface area contributed by atoms with Gasteiger partial charge >= 0.3 is 18.0 Å². The number of piperazine rings is 1. The molecule has 2 aromatic carbocycles. The first-order chi connectivity index (χ1) is 15.1. The lowest BCUT2D eigenvalue weighted by molar-refractivity contribution is -0.137. The molecule has 0 spiro atoms. The van der Waals surface area contributed by atoms with Crippen molar-refractivity contribution < 1.29 is 22.4 Å². The normalized spacial score (nSPS) is 14.7. The van der Waals surface area contributed by atoms with Gasteiger partial charge in [-0.3, -0.25) is 4.79 Å². The zero-order valence-electron chi connectivity index (χ0n) is 16.2. The van der Waals surface area contributed by atoms with Crippen molar-refractivity contribution in [2.24, 2.45) is 0 Å². The number of nitrogens with zero attached hydrogens (tertiary/aromatic N) is 4. The molecule has 0 radical (unpaired) electrons. The summed E-state index contributed by atoms with van der Waals surface area (Å²) in [6, 6.07) is 8.71. The number of amides is 1. The van der Waals surface area contributed by atoms with Crippen molar-refractivity contribution >= 4 is 68.4 Å². The lowest BCUT2D eigenvalue weighted by Gasteiger charge is -2.35. The van der Waals surface area contributed by atoms with Crippen molar-refractivity contribution in [3.05, 3.63) is 60.0 Å². The Morgan fingerprint density at radius 2 is 1.78 bits per heavy atom. The molecule has 6 nitrogen and oxygen atoms in total. The van der Waals surface area contributed by atoms with E-state index in [1.54, 1.807) is 17.0 Å². The van der Waals surface area contributed by atoms with Gasteiger partial charge < -0.3 is 14.2 Å². The molecule has 4 rings (SSSR count). The van der Waals surface area contributed by atoms with Gasteiger partial charge in [-0.05, 0) is 75.5 Å². The number of benzene rings is 2. The van der Waals surface area contributed by atoms with Crippen molar-refractivity contribution in [2.45, 2.75) is 6.18 Å². The molecular weight excluding hydrogens is 675 g/mol. The molecule has 32 heavy (non-hydrogen) atoms. The first kappa shape index (κ1) is 23.5. The summed E-state index contributed by atoms with van der Waals surface area (Å²) in [4.78, 5) is 16.2. The first-order valence-electron chi connectivity index (χ1n) is 9.33. The molecule has 0 aliphatic carbocycles. The molecule has 12 heteroatoms. The maximum absolute atomic E-state index is 13.0. The van der Waals surface area contributed by atoms with Gasteiger partial charge in [0.1, 0.15) is 0 Å². The van der Waals surface area contributed by atoms with E-state index in [0.29, 0.717) is 42.5 Å². The summed E-state index contributed by atoms with van der Waals surface area (Å²) in [5, 5.41) is 8.38. The molecule has 0 bridgehead atoms. The summed E-state index contributed by atoms with van der Waals surface area (Å²) in [6.45, 7) is 1.41. The van der Waals surface area contributed by atoms with Crippen LogP contribution in [0, 0.1) is 7.14 Å². The number of hydrogen-bond acceptors (Lipinski definition) is 5. The van der Waals surface area contributed by atoms with Crippen LogP contribution in [0.2, 0.25) is 5.02 Å². The van der Waals surface area contributed by atoms with E-state index in [-0.39, 0.29) is 11.8 Å². The fourth-order valence-electron chi connectivity index (χ4n) is 3.29. The van der Waals surface area contributed by atoms with Crippen LogP contribution in [0.25, 0.3) is 11.5 Å². The van der Waals surface area contributed by atoms with Crippen molar-refractivity contribution in [1.82, 2.24) is 15.1 Å². The van der Waals surface area contributed by atoms with Crippen LogP contribution in [0.1, 0.15) is 16.2 Å². The minimum atomic E-state index is -4.40. The van der Waals surface area contributed by atoms with Gasteiger partial charge in [-0.15, -0.1) is 10.2 Å². The first-order valence-corrected chi connectivity index (χ1v) is 11.9. The number of carbonyl (C=O) groups is 1. The van der Waals surface area contributed by atoms with Gasteiger partial charge in [0, 0.05) is 44.6 Å². The van der Waals surface area contributed by atoms with Crippen LogP contribution < -0.4 is 4.90 Å². The van der Waals surface area contributed by atoms with Crippen molar-refractivity contribution in [3.63, 3.8) is 0 Å². The highest BCUT2D eigenvalue weighted by atomic mass is 127. The molecule has 2 heterocycles.